The summed E-state index contributed by atoms with van der Waals surface area (Å²) in [5.74, 6) is -0.354. The number of rotatable bonds is 10. The molecule has 7 nitrogen and oxygen atoms in total. The van der Waals surface area contributed by atoms with Gasteiger partial charge in [-0.25, -0.2) is 8.42 Å². The van der Waals surface area contributed by atoms with Gasteiger partial charge in [-0.3, -0.25) is 9.69 Å². The van der Waals surface area contributed by atoms with E-state index < -0.39 is 10.0 Å². The number of amides is 1. The number of morpholine rings is 1. The van der Waals surface area contributed by atoms with Crippen molar-refractivity contribution in [3.63, 3.8) is 0 Å². The zero-order chi connectivity index (χ0) is 23.8. The van der Waals surface area contributed by atoms with Crippen molar-refractivity contribution in [2.75, 3.05) is 45.9 Å². The van der Waals surface area contributed by atoms with Gasteiger partial charge in [0.05, 0.1) is 34.7 Å². The summed E-state index contributed by atoms with van der Waals surface area (Å²) >= 11 is 12.1. The van der Waals surface area contributed by atoms with E-state index in [1.807, 2.05) is 6.92 Å². The standard InChI is InChI=1S/C23H29Cl2N3O4S/c1-18-3-6-20(7-4-18)33(30,31)28(16-19-5-8-21(24)22(25)15-19)17-23(29)26-9-2-10-27-11-13-32-14-12-27/h3-8,15H,2,9-14,16-17H2,1H3,(H,26,29). The molecule has 0 spiro atoms. The molecule has 1 fully saturated rings. The predicted molar refractivity (Wildman–Crippen MR) is 130 cm³/mol. The number of hydrogen-bond acceptors (Lipinski definition) is 5. The number of sulfonamides is 1. The molecule has 0 atom stereocenters. The van der Waals surface area contributed by atoms with Gasteiger partial charge in [-0.2, -0.15) is 4.31 Å². The third kappa shape index (κ3) is 7.67. The maximum Gasteiger partial charge on any atom is 0.243 e. The molecule has 0 bridgehead atoms. The van der Waals surface area contributed by atoms with Gasteiger partial charge < -0.3 is 10.1 Å². The Morgan fingerprint density at radius 2 is 1.79 bits per heavy atom. The lowest BCUT2D eigenvalue weighted by atomic mass is 10.2. The van der Waals surface area contributed by atoms with Crippen LogP contribution < -0.4 is 5.32 Å². The summed E-state index contributed by atoms with van der Waals surface area (Å²) in [5.41, 5.74) is 1.59. The number of hydrogen-bond donors (Lipinski definition) is 1. The lowest BCUT2D eigenvalue weighted by Crippen LogP contribution is -2.41. The van der Waals surface area contributed by atoms with Crippen molar-refractivity contribution in [2.45, 2.75) is 24.8 Å². The quantitative estimate of drug-likeness (QED) is 0.493. The van der Waals surface area contributed by atoms with Crippen molar-refractivity contribution >= 4 is 39.1 Å². The molecule has 1 saturated heterocycles. The van der Waals surface area contributed by atoms with Crippen molar-refractivity contribution in [1.29, 1.82) is 0 Å². The highest BCUT2D eigenvalue weighted by atomic mass is 35.5. The number of benzene rings is 2. The first-order valence-corrected chi connectivity index (χ1v) is 13.0. The highest BCUT2D eigenvalue weighted by Crippen LogP contribution is 2.25. The SMILES string of the molecule is Cc1ccc(S(=O)(=O)N(CC(=O)NCCCN2CCOCC2)Cc2ccc(Cl)c(Cl)c2)cc1. The summed E-state index contributed by atoms with van der Waals surface area (Å²) in [5, 5.41) is 3.55. The fourth-order valence-corrected chi connectivity index (χ4v) is 5.20. The van der Waals surface area contributed by atoms with Gasteiger partial charge >= 0.3 is 0 Å². The van der Waals surface area contributed by atoms with Crippen molar-refractivity contribution in [3.8, 4) is 0 Å². The zero-order valence-corrected chi connectivity index (χ0v) is 20.9. The first kappa shape index (κ1) is 25.9. The van der Waals surface area contributed by atoms with Gasteiger partial charge in [0.2, 0.25) is 15.9 Å². The molecule has 0 radical (unpaired) electrons. The Morgan fingerprint density at radius 1 is 1.09 bits per heavy atom. The van der Waals surface area contributed by atoms with Gasteiger partial charge in [0.25, 0.3) is 0 Å². The van der Waals surface area contributed by atoms with Gasteiger partial charge in [-0.05, 0) is 49.7 Å². The van der Waals surface area contributed by atoms with Crippen LogP contribution >= 0.6 is 23.2 Å². The Bertz CT molecular complexity index is 1040. The van der Waals surface area contributed by atoms with Crippen molar-refractivity contribution in [1.82, 2.24) is 14.5 Å². The van der Waals surface area contributed by atoms with Crippen LogP contribution in [0.3, 0.4) is 0 Å². The lowest BCUT2D eigenvalue weighted by Gasteiger charge is -2.26. The molecule has 2 aromatic carbocycles. The minimum absolute atomic E-state index is 0.00566. The van der Waals surface area contributed by atoms with E-state index >= 15 is 0 Å². The number of aryl methyl sites for hydroxylation is 1. The lowest BCUT2D eigenvalue weighted by molar-refractivity contribution is -0.121. The summed E-state index contributed by atoms with van der Waals surface area (Å²) in [4.78, 5) is 15.1. The van der Waals surface area contributed by atoms with E-state index in [9.17, 15) is 13.2 Å². The predicted octanol–water partition coefficient (Wildman–Crippen LogP) is 3.33. The molecule has 1 amide bonds. The zero-order valence-electron chi connectivity index (χ0n) is 18.6. The Labute approximate surface area is 205 Å². The van der Waals surface area contributed by atoms with Crippen LogP contribution in [0.2, 0.25) is 10.0 Å². The number of carbonyl (C=O) groups excluding carboxylic acids is 1. The Hall–Kier alpha value is -1.68. The van der Waals surface area contributed by atoms with Gasteiger partial charge in [-0.1, -0.05) is 47.0 Å². The maximum absolute atomic E-state index is 13.3. The molecular formula is C23H29Cl2N3O4S. The number of nitrogens with one attached hydrogen (secondary N) is 1. The first-order chi connectivity index (χ1) is 15.8. The van der Waals surface area contributed by atoms with E-state index in [4.69, 9.17) is 27.9 Å². The molecular weight excluding hydrogens is 485 g/mol. The first-order valence-electron chi connectivity index (χ1n) is 10.8. The van der Waals surface area contributed by atoms with Crippen LogP contribution in [-0.4, -0.2) is 69.5 Å². The number of carbonyl (C=O) groups is 1. The van der Waals surface area contributed by atoms with E-state index in [0.29, 0.717) is 22.2 Å². The molecule has 33 heavy (non-hydrogen) atoms. The molecule has 1 heterocycles. The third-order valence-corrected chi connectivity index (χ3v) is 7.94. The van der Waals surface area contributed by atoms with Crippen LogP contribution in [-0.2, 0) is 26.1 Å². The van der Waals surface area contributed by atoms with Crippen LogP contribution in [0.4, 0.5) is 0 Å². The molecule has 3 rings (SSSR count). The second-order valence-corrected chi connectivity index (χ2v) is 10.7. The minimum Gasteiger partial charge on any atom is -0.379 e. The van der Waals surface area contributed by atoms with Crippen LogP contribution in [0.1, 0.15) is 17.5 Å². The highest BCUT2D eigenvalue weighted by molar-refractivity contribution is 7.89. The second-order valence-electron chi connectivity index (χ2n) is 7.99. The van der Waals surface area contributed by atoms with Crippen LogP contribution in [0.15, 0.2) is 47.4 Å². The second kappa shape index (κ2) is 12.1. The monoisotopic (exact) mass is 513 g/mol. The minimum atomic E-state index is -3.91. The van der Waals surface area contributed by atoms with Gasteiger partial charge in [0, 0.05) is 26.2 Å². The topological polar surface area (TPSA) is 79.0 Å². The van der Waals surface area contributed by atoms with Crippen LogP contribution in [0.25, 0.3) is 0 Å². The Balaban J connectivity index is 1.67. The summed E-state index contributed by atoms with van der Waals surface area (Å²) in [6, 6.07) is 11.5. The van der Waals surface area contributed by atoms with Crippen molar-refractivity contribution in [3.05, 3.63) is 63.6 Å². The van der Waals surface area contributed by atoms with Crippen molar-refractivity contribution in [2.24, 2.45) is 0 Å². The smallest absolute Gasteiger partial charge is 0.243 e. The summed E-state index contributed by atoms with van der Waals surface area (Å²) in [6.45, 7) is 6.15. The molecule has 0 aliphatic carbocycles. The molecule has 10 heteroatoms. The van der Waals surface area contributed by atoms with E-state index in [0.717, 1.165) is 49.1 Å². The average Bonchev–Trinajstić information content (AvgIpc) is 2.80. The molecule has 1 aliphatic rings. The van der Waals surface area contributed by atoms with Crippen LogP contribution in [0, 0.1) is 6.92 Å². The van der Waals surface area contributed by atoms with E-state index in [-0.39, 0.29) is 23.9 Å². The van der Waals surface area contributed by atoms with Gasteiger partial charge in [0.15, 0.2) is 0 Å². The van der Waals surface area contributed by atoms with Gasteiger partial charge in [-0.15, -0.1) is 0 Å². The number of nitrogens with zero attached hydrogens (tertiary/aromatic N) is 2. The molecule has 1 N–H and O–H groups in total. The molecule has 0 aromatic heterocycles. The molecule has 2 aromatic rings. The normalized spacial score (nSPS) is 15.0. The van der Waals surface area contributed by atoms with E-state index in [2.05, 4.69) is 10.2 Å². The molecule has 180 valence electrons. The molecule has 0 saturated carbocycles. The van der Waals surface area contributed by atoms with E-state index in [1.54, 1.807) is 42.5 Å². The van der Waals surface area contributed by atoms with Crippen LogP contribution in [0.5, 0.6) is 0 Å². The summed E-state index contributed by atoms with van der Waals surface area (Å²) in [6.07, 6.45) is 0.781. The molecule has 0 unspecified atom stereocenters. The maximum atomic E-state index is 13.3. The fourth-order valence-electron chi connectivity index (χ4n) is 3.50. The third-order valence-electron chi connectivity index (χ3n) is 5.40. The largest absolute Gasteiger partial charge is 0.379 e. The average molecular weight is 514 g/mol. The van der Waals surface area contributed by atoms with Gasteiger partial charge in [0.1, 0.15) is 0 Å². The van der Waals surface area contributed by atoms with Crippen molar-refractivity contribution < 1.29 is 17.9 Å². The number of ether oxygens (including phenoxy) is 1. The highest BCUT2D eigenvalue weighted by Gasteiger charge is 2.27. The summed E-state index contributed by atoms with van der Waals surface area (Å²) < 4.78 is 33.2. The fraction of sp³-hybridized carbons (Fsp3) is 0.435. The van der Waals surface area contributed by atoms with E-state index in [1.165, 1.54) is 0 Å². The Morgan fingerprint density at radius 3 is 2.45 bits per heavy atom. The summed E-state index contributed by atoms with van der Waals surface area (Å²) in [7, 11) is -3.91. The Kier molecular flexibility index (Phi) is 9.55. The number of halogens is 2. The molecule has 1 aliphatic heterocycles.